The van der Waals surface area contributed by atoms with Crippen LogP contribution in [0.1, 0.15) is 10.5 Å². The lowest BCUT2D eigenvalue weighted by Gasteiger charge is -2.14. The van der Waals surface area contributed by atoms with Crippen LogP contribution in [0.5, 0.6) is 17.2 Å². The number of amides is 1. The Kier molecular flexibility index (Phi) is 5.54. The number of rotatable bonds is 6. The van der Waals surface area contributed by atoms with E-state index in [9.17, 15) is 4.79 Å². The number of methoxy groups -OCH3 is 3. The highest BCUT2D eigenvalue weighted by Gasteiger charge is 2.16. The summed E-state index contributed by atoms with van der Waals surface area (Å²) in [5.74, 6) is 1.05. The first kappa shape index (κ1) is 19.7. The first-order valence-electron chi connectivity index (χ1n) is 9.19. The van der Waals surface area contributed by atoms with Gasteiger partial charge < -0.3 is 19.5 Å². The minimum absolute atomic E-state index is 0.316. The van der Waals surface area contributed by atoms with Gasteiger partial charge in [-0.25, -0.2) is 4.98 Å². The van der Waals surface area contributed by atoms with Crippen LogP contribution in [0.3, 0.4) is 0 Å². The third kappa shape index (κ3) is 3.67. The number of carbonyl (C=O) groups excluding carboxylic acids is 1. The van der Waals surface area contributed by atoms with Crippen LogP contribution in [-0.2, 0) is 0 Å². The molecule has 0 saturated heterocycles. The van der Waals surface area contributed by atoms with Crippen LogP contribution in [-0.4, -0.2) is 32.2 Å². The third-order valence-electron chi connectivity index (χ3n) is 4.66. The smallest absolute Gasteiger partial charge is 0.274 e. The zero-order valence-corrected chi connectivity index (χ0v) is 17.6. The maximum Gasteiger partial charge on any atom is 0.274 e. The van der Waals surface area contributed by atoms with Crippen molar-refractivity contribution in [1.82, 2.24) is 4.98 Å². The number of thiophene rings is 1. The Morgan fingerprint density at radius 2 is 1.67 bits per heavy atom. The predicted molar refractivity (Wildman–Crippen MR) is 119 cm³/mol. The predicted octanol–water partition coefficient (Wildman–Crippen LogP) is 5.24. The summed E-state index contributed by atoms with van der Waals surface area (Å²) in [7, 11) is 4.58. The van der Waals surface area contributed by atoms with E-state index in [-0.39, 0.29) is 5.91 Å². The van der Waals surface area contributed by atoms with Gasteiger partial charge in [0, 0.05) is 38.8 Å². The van der Waals surface area contributed by atoms with Crippen molar-refractivity contribution in [3.63, 3.8) is 0 Å². The lowest BCUT2D eigenvalue weighted by molar-refractivity contribution is 0.102. The van der Waals surface area contributed by atoms with E-state index < -0.39 is 0 Å². The zero-order valence-electron chi connectivity index (χ0n) is 16.8. The molecule has 2 heterocycles. The third-order valence-corrected chi connectivity index (χ3v) is 5.62. The van der Waals surface area contributed by atoms with Crippen LogP contribution in [0.2, 0.25) is 0 Å². The standard InChI is InChI=1S/C23H20N2O4S/c1-27-19-11-14(12-20(28-2)22(19)29-3)24-23(26)18-9-6-8-17(25-18)16-13-30-21-10-5-4-7-15(16)21/h4-13H,1-3H3,(H,24,26). The van der Waals surface area contributed by atoms with Gasteiger partial charge in [0.15, 0.2) is 11.5 Å². The zero-order chi connectivity index (χ0) is 21.1. The van der Waals surface area contributed by atoms with Crippen LogP contribution < -0.4 is 19.5 Å². The number of hydrogen-bond donors (Lipinski definition) is 1. The molecule has 1 amide bonds. The number of carbonyl (C=O) groups is 1. The summed E-state index contributed by atoms with van der Waals surface area (Å²) in [6.07, 6.45) is 0. The number of benzene rings is 2. The molecule has 0 aliphatic heterocycles. The fourth-order valence-electron chi connectivity index (χ4n) is 3.24. The summed E-state index contributed by atoms with van der Waals surface area (Å²) in [4.78, 5) is 17.5. The topological polar surface area (TPSA) is 69.7 Å². The molecule has 4 aromatic rings. The van der Waals surface area contributed by atoms with Crippen LogP contribution in [0.15, 0.2) is 60.0 Å². The average molecular weight is 420 g/mol. The molecule has 0 unspecified atom stereocenters. The molecule has 30 heavy (non-hydrogen) atoms. The second-order valence-corrected chi connectivity index (χ2v) is 7.33. The molecular formula is C23H20N2O4S. The van der Waals surface area contributed by atoms with Gasteiger partial charge in [-0.05, 0) is 18.2 Å². The van der Waals surface area contributed by atoms with Gasteiger partial charge in [-0.15, -0.1) is 11.3 Å². The number of anilines is 1. The van der Waals surface area contributed by atoms with Crippen molar-refractivity contribution in [2.24, 2.45) is 0 Å². The lowest BCUT2D eigenvalue weighted by atomic mass is 10.1. The molecule has 0 aliphatic carbocycles. The van der Waals surface area contributed by atoms with Crippen molar-refractivity contribution in [2.45, 2.75) is 0 Å². The number of aromatic nitrogens is 1. The van der Waals surface area contributed by atoms with Gasteiger partial charge in [0.1, 0.15) is 5.69 Å². The van der Waals surface area contributed by atoms with Gasteiger partial charge in [-0.2, -0.15) is 0 Å². The van der Waals surface area contributed by atoms with Gasteiger partial charge in [0.2, 0.25) is 5.75 Å². The van der Waals surface area contributed by atoms with E-state index in [1.54, 1.807) is 29.5 Å². The second kappa shape index (κ2) is 8.42. The van der Waals surface area contributed by atoms with Crippen molar-refractivity contribution < 1.29 is 19.0 Å². The molecule has 0 aliphatic rings. The maximum atomic E-state index is 12.9. The highest BCUT2D eigenvalue weighted by Crippen LogP contribution is 2.40. The molecule has 1 N–H and O–H groups in total. The molecule has 0 saturated carbocycles. The minimum Gasteiger partial charge on any atom is -0.493 e. The van der Waals surface area contributed by atoms with Gasteiger partial charge in [-0.3, -0.25) is 4.79 Å². The Labute approximate surface area is 178 Å². The number of pyridine rings is 1. The van der Waals surface area contributed by atoms with Gasteiger partial charge >= 0.3 is 0 Å². The molecule has 0 atom stereocenters. The van der Waals surface area contributed by atoms with E-state index in [1.807, 2.05) is 24.3 Å². The lowest BCUT2D eigenvalue weighted by Crippen LogP contribution is -2.14. The fraction of sp³-hybridized carbons (Fsp3) is 0.130. The van der Waals surface area contributed by atoms with Crippen molar-refractivity contribution in [3.05, 3.63) is 65.7 Å². The summed E-state index contributed by atoms with van der Waals surface area (Å²) in [5.41, 5.74) is 2.60. The van der Waals surface area contributed by atoms with Crippen molar-refractivity contribution in [2.75, 3.05) is 26.6 Å². The van der Waals surface area contributed by atoms with Crippen LogP contribution in [0.4, 0.5) is 5.69 Å². The molecule has 0 fully saturated rings. The van der Waals surface area contributed by atoms with E-state index in [2.05, 4.69) is 27.8 Å². The number of nitrogens with one attached hydrogen (secondary N) is 1. The summed E-state index contributed by atoms with van der Waals surface area (Å²) >= 11 is 1.66. The highest BCUT2D eigenvalue weighted by molar-refractivity contribution is 7.17. The number of fused-ring (bicyclic) bond motifs is 1. The Bertz CT molecular complexity index is 1190. The van der Waals surface area contributed by atoms with Gasteiger partial charge in [-0.1, -0.05) is 24.3 Å². The van der Waals surface area contributed by atoms with E-state index in [4.69, 9.17) is 14.2 Å². The normalized spacial score (nSPS) is 10.6. The van der Waals surface area contributed by atoms with Crippen LogP contribution in [0.25, 0.3) is 21.3 Å². The number of hydrogen-bond acceptors (Lipinski definition) is 6. The minimum atomic E-state index is -0.328. The van der Waals surface area contributed by atoms with E-state index in [0.717, 1.165) is 16.6 Å². The van der Waals surface area contributed by atoms with E-state index in [0.29, 0.717) is 28.6 Å². The Hall–Kier alpha value is -3.58. The Morgan fingerprint density at radius 3 is 2.37 bits per heavy atom. The van der Waals surface area contributed by atoms with Crippen LogP contribution in [0, 0.1) is 0 Å². The number of ether oxygens (including phenoxy) is 3. The first-order valence-corrected chi connectivity index (χ1v) is 10.1. The molecule has 0 radical (unpaired) electrons. The van der Waals surface area contributed by atoms with Gasteiger partial charge in [0.25, 0.3) is 5.91 Å². The molecular weight excluding hydrogens is 400 g/mol. The molecule has 152 valence electrons. The molecule has 7 heteroatoms. The first-order chi connectivity index (χ1) is 14.6. The van der Waals surface area contributed by atoms with Crippen molar-refractivity contribution in [1.29, 1.82) is 0 Å². The molecule has 2 aromatic heterocycles. The van der Waals surface area contributed by atoms with E-state index >= 15 is 0 Å². The molecule has 0 bridgehead atoms. The highest BCUT2D eigenvalue weighted by atomic mass is 32.1. The summed E-state index contributed by atoms with van der Waals surface area (Å²) < 4.78 is 17.2. The second-order valence-electron chi connectivity index (χ2n) is 6.42. The Morgan fingerprint density at radius 1 is 0.933 bits per heavy atom. The summed E-state index contributed by atoms with van der Waals surface area (Å²) in [6, 6.07) is 16.9. The van der Waals surface area contributed by atoms with Crippen LogP contribution >= 0.6 is 11.3 Å². The summed E-state index contributed by atoms with van der Waals surface area (Å²) in [6.45, 7) is 0. The SMILES string of the molecule is COc1cc(NC(=O)c2cccc(-c3csc4ccccc34)n2)cc(OC)c1OC. The molecule has 6 nitrogen and oxygen atoms in total. The average Bonchev–Trinajstić information content (AvgIpc) is 3.22. The largest absolute Gasteiger partial charge is 0.493 e. The molecule has 0 spiro atoms. The Balaban J connectivity index is 1.64. The van der Waals surface area contributed by atoms with Gasteiger partial charge in [0.05, 0.1) is 27.0 Å². The monoisotopic (exact) mass is 420 g/mol. The fourth-order valence-corrected chi connectivity index (χ4v) is 4.19. The summed E-state index contributed by atoms with van der Waals surface area (Å²) in [5, 5.41) is 6.04. The quantitative estimate of drug-likeness (QED) is 0.462. The van der Waals surface area contributed by atoms with Crippen molar-refractivity contribution >= 4 is 33.0 Å². The van der Waals surface area contributed by atoms with E-state index in [1.165, 1.54) is 26.0 Å². The molecule has 2 aromatic carbocycles. The molecule has 4 rings (SSSR count). The maximum absolute atomic E-state index is 12.9. The van der Waals surface area contributed by atoms with Crippen molar-refractivity contribution in [3.8, 4) is 28.5 Å². The number of nitrogens with zero attached hydrogens (tertiary/aromatic N) is 1.